The summed E-state index contributed by atoms with van der Waals surface area (Å²) in [5.74, 6) is 1.49. The summed E-state index contributed by atoms with van der Waals surface area (Å²) in [6.07, 6.45) is 11.0. The number of esters is 1. The van der Waals surface area contributed by atoms with Crippen LogP contribution in [0.15, 0.2) is 47.1 Å². The number of carbonyl (C=O) groups excluding carboxylic acids is 2. The number of rotatable bonds is 4. The highest BCUT2D eigenvalue weighted by molar-refractivity contribution is 8.14. The molecule has 1 spiro atoms. The molecular weight excluding hydrogens is 482 g/mol. The van der Waals surface area contributed by atoms with E-state index in [1.165, 1.54) is 5.57 Å². The van der Waals surface area contributed by atoms with Crippen molar-refractivity contribution in [3.63, 3.8) is 0 Å². The Bertz CT molecular complexity index is 1150. The normalized spacial score (nSPS) is 41.5. The predicted molar refractivity (Wildman–Crippen MR) is 146 cm³/mol. The molecule has 37 heavy (non-hydrogen) atoms. The van der Waals surface area contributed by atoms with Crippen molar-refractivity contribution in [2.24, 2.45) is 33.7 Å². The Kier molecular flexibility index (Phi) is 6.33. The Morgan fingerprint density at radius 2 is 1.86 bits per heavy atom. The summed E-state index contributed by atoms with van der Waals surface area (Å²) in [6, 6.07) is 10.1. The third-order valence-corrected chi connectivity index (χ3v) is 12.0. The summed E-state index contributed by atoms with van der Waals surface area (Å²) in [7, 11) is 0. The van der Waals surface area contributed by atoms with Gasteiger partial charge in [-0.05, 0) is 86.2 Å². The molecule has 6 rings (SSSR count). The Labute approximate surface area is 224 Å². The average molecular weight is 522 g/mol. The summed E-state index contributed by atoms with van der Waals surface area (Å²) < 4.78 is 6.14. The molecule has 0 radical (unpaired) electrons. The molecule has 4 fully saturated rings. The number of allylic oxidation sites excluding steroid dienone is 2. The van der Waals surface area contributed by atoms with Crippen molar-refractivity contribution >= 4 is 28.6 Å². The number of oxime groups is 1. The largest absolute Gasteiger partial charge is 0.458 e. The number of benzene rings is 1. The van der Waals surface area contributed by atoms with Gasteiger partial charge in [0.05, 0.1) is 5.71 Å². The highest BCUT2D eigenvalue weighted by Gasteiger charge is 2.68. The lowest BCUT2D eigenvalue weighted by Gasteiger charge is -2.61. The molecule has 3 saturated carbocycles. The number of fused-ring (bicyclic) bond motifs is 6. The third-order valence-electron chi connectivity index (χ3n) is 10.9. The van der Waals surface area contributed by atoms with E-state index in [2.05, 4.69) is 37.2 Å². The molecule has 0 aromatic heterocycles. The van der Waals surface area contributed by atoms with Crippen LogP contribution in [0.4, 0.5) is 0 Å². The molecule has 1 aliphatic heterocycles. The number of carbonyl (C=O) groups is 2. The molecule has 7 atom stereocenters. The second-order valence-corrected chi connectivity index (χ2v) is 14.0. The molecule has 5 aliphatic rings. The molecule has 0 amide bonds. The zero-order valence-corrected chi connectivity index (χ0v) is 23.1. The summed E-state index contributed by atoms with van der Waals surface area (Å²) in [5.41, 5.74) is 3.44. The van der Waals surface area contributed by atoms with Gasteiger partial charge in [0.1, 0.15) is 12.2 Å². The molecular formula is C31H39NO4S. The van der Waals surface area contributed by atoms with Crippen molar-refractivity contribution in [1.82, 2.24) is 0 Å². The van der Waals surface area contributed by atoms with Crippen LogP contribution >= 0.6 is 11.8 Å². The second-order valence-electron chi connectivity index (χ2n) is 12.5. The minimum Gasteiger partial charge on any atom is -0.458 e. The Morgan fingerprint density at radius 3 is 2.59 bits per heavy atom. The number of ether oxygens (including phenoxy) is 1. The van der Waals surface area contributed by atoms with E-state index < -0.39 is 0 Å². The summed E-state index contributed by atoms with van der Waals surface area (Å²) in [6.45, 7) is 7.06. The number of nitrogens with zero attached hydrogens (tertiary/aromatic N) is 1. The lowest BCUT2D eigenvalue weighted by atomic mass is 9.46. The number of hydrogen-bond donors (Lipinski definition) is 0. The van der Waals surface area contributed by atoms with Gasteiger partial charge in [-0.25, -0.2) is 0 Å². The highest BCUT2D eigenvalue weighted by Crippen LogP contribution is 2.70. The molecule has 0 bridgehead atoms. The molecule has 1 aromatic carbocycles. The van der Waals surface area contributed by atoms with Gasteiger partial charge in [-0.15, -0.1) is 0 Å². The first-order valence-electron chi connectivity index (χ1n) is 14.1. The zero-order valence-electron chi connectivity index (χ0n) is 22.3. The minimum atomic E-state index is -0.287. The maximum Gasteiger partial charge on any atom is 0.306 e. The van der Waals surface area contributed by atoms with Crippen LogP contribution in [0.25, 0.3) is 0 Å². The molecule has 1 heterocycles. The molecule has 198 valence electrons. The second kappa shape index (κ2) is 9.29. The van der Waals surface area contributed by atoms with E-state index in [4.69, 9.17) is 9.57 Å². The van der Waals surface area contributed by atoms with Gasteiger partial charge in [-0.3, -0.25) is 9.59 Å². The van der Waals surface area contributed by atoms with Crippen LogP contribution in [-0.4, -0.2) is 27.6 Å². The SMILES string of the molecule is CC(=O)SC1CC2=C/C(=N\OCc3ccccc3)CC[C@]2(C)[C@H]2CC[C@@]3(C)[C@@H](CC[C@@]34CCC(=O)O4)[C@H]12. The lowest BCUT2D eigenvalue weighted by Crippen LogP contribution is -2.57. The van der Waals surface area contributed by atoms with Crippen LogP contribution < -0.4 is 0 Å². The number of thioether (sulfide) groups is 1. The van der Waals surface area contributed by atoms with Crippen molar-refractivity contribution in [2.75, 3.05) is 0 Å². The summed E-state index contributed by atoms with van der Waals surface area (Å²) in [5, 5.41) is 5.00. The van der Waals surface area contributed by atoms with Gasteiger partial charge in [0, 0.05) is 24.0 Å². The molecule has 4 aliphatic carbocycles. The van der Waals surface area contributed by atoms with Crippen molar-refractivity contribution in [3.8, 4) is 0 Å². The van der Waals surface area contributed by atoms with Crippen LogP contribution in [0.2, 0.25) is 0 Å². The van der Waals surface area contributed by atoms with Gasteiger partial charge < -0.3 is 9.57 Å². The standard InChI is InChI=1S/C31H39NO4S/c1-20(33)37-26-18-22-17-23(32-35-19-21-7-5-4-6-8-21)9-13-29(22,2)24-10-14-30(3)25(28(24)26)11-15-31(30)16-12-27(34)36-31/h4-8,17,24-26,28H,9-16,18-19H2,1-3H3/b32-23-/t24-,25-,26?,28+,29-,30-,31+/m0/s1. The van der Waals surface area contributed by atoms with E-state index in [9.17, 15) is 9.59 Å². The fourth-order valence-electron chi connectivity index (χ4n) is 8.98. The van der Waals surface area contributed by atoms with E-state index in [-0.39, 0.29) is 32.8 Å². The van der Waals surface area contributed by atoms with E-state index in [1.54, 1.807) is 18.7 Å². The van der Waals surface area contributed by atoms with Crippen LogP contribution in [0.1, 0.15) is 84.1 Å². The topological polar surface area (TPSA) is 65.0 Å². The fourth-order valence-corrected chi connectivity index (χ4v) is 10.2. The Balaban J connectivity index is 1.28. The monoisotopic (exact) mass is 521 g/mol. The smallest absolute Gasteiger partial charge is 0.306 e. The first-order valence-corrected chi connectivity index (χ1v) is 14.9. The molecule has 1 unspecified atom stereocenters. The predicted octanol–water partition coefficient (Wildman–Crippen LogP) is 6.86. The summed E-state index contributed by atoms with van der Waals surface area (Å²) in [4.78, 5) is 30.4. The van der Waals surface area contributed by atoms with E-state index in [0.717, 1.165) is 62.6 Å². The van der Waals surface area contributed by atoms with Crippen LogP contribution in [0.5, 0.6) is 0 Å². The van der Waals surface area contributed by atoms with Gasteiger partial charge in [-0.1, -0.05) is 66.7 Å². The number of hydrogen-bond acceptors (Lipinski definition) is 6. The minimum absolute atomic E-state index is 0.0140. The lowest BCUT2D eigenvalue weighted by molar-refractivity contribution is -0.167. The molecule has 1 aromatic rings. The van der Waals surface area contributed by atoms with Gasteiger partial charge >= 0.3 is 5.97 Å². The van der Waals surface area contributed by atoms with Crippen LogP contribution in [-0.2, 0) is 25.8 Å². The fraction of sp³-hybridized carbons (Fsp3) is 0.645. The van der Waals surface area contributed by atoms with Crippen molar-refractivity contribution in [1.29, 1.82) is 0 Å². The first-order chi connectivity index (χ1) is 17.7. The maximum absolute atomic E-state index is 12.5. The zero-order chi connectivity index (χ0) is 25.8. The van der Waals surface area contributed by atoms with Crippen LogP contribution in [0, 0.1) is 28.6 Å². The van der Waals surface area contributed by atoms with E-state index in [1.807, 2.05) is 18.2 Å². The first kappa shape index (κ1) is 25.2. The van der Waals surface area contributed by atoms with Crippen molar-refractivity contribution < 1.29 is 19.2 Å². The van der Waals surface area contributed by atoms with Gasteiger partial charge in [-0.2, -0.15) is 0 Å². The third kappa shape index (κ3) is 4.09. The van der Waals surface area contributed by atoms with Crippen molar-refractivity contribution in [3.05, 3.63) is 47.5 Å². The van der Waals surface area contributed by atoms with Gasteiger partial charge in [0.25, 0.3) is 0 Å². The van der Waals surface area contributed by atoms with E-state index in [0.29, 0.717) is 30.8 Å². The highest BCUT2D eigenvalue weighted by atomic mass is 32.2. The van der Waals surface area contributed by atoms with Crippen LogP contribution in [0.3, 0.4) is 0 Å². The van der Waals surface area contributed by atoms with Gasteiger partial charge in [0.15, 0.2) is 5.12 Å². The molecule has 1 saturated heterocycles. The Hall–Kier alpha value is -2.08. The molecule has 6 heteroatoms. The molecule has 0 N–H and O–H groups in total. The average Bonchev–Trinajstić information content (AvgIpc) is 3.39. The maximum atomic E-state index is 12.5. The summed E-state index contributed by atoms with van der Waals surface area (Å²) >= 11 is 1.55. The van der Waals surface area contributed by atoms with Gasteiger partial charge in [0.2, 0.25) is 0 Å². The quantitative estimate of drug-likeness (QED) is 0.320. The Morgan fingerprint density at radius 1 is 1.08 bits per heavy atom. The molecule has 5 nitrogen and oxygen atoms in total. The van der Waals surface area contributed by atoms with Crippen molar-refractivity contribution in [2.45, 2.75) is 96.0 Å². The van der Waals surface area contributed by atoms with E-state index >= 15 is 0 Å².